The Hall–Kier alpha value is -1.89. The van der Waals surface area contributed by atoms with Crippen molar-refractivity contribution < 1.29 is 21.1 Å². The second-order valence-electron chi connectivity index (χ2n) is 10.4. The average Bonchev–Trinajstić information content (AvgIpc) is 2.99. The molecule has 0 aliphatic heterocycles. The van der Waals surface area contributed by atoms with E-state index in [1.165, 1.54) is 0 Å². The van der Waals surface area contributed by atoms with E-state index in [9.17, 15) is 0 Å². The number of hydrogen-bond donors (Lipinski definition) is 0. The molecule has 0 N–H and O–H groups in total. The van der Waals surface area contributed by atoms with Gasteiger partial charge >= 0.3 is 21.1 Å². The normalized spacial score (nSPS) is 17.1. The van der Waals surface area contributed by atoms with Crippen molar-refractivity contribution in [2.24, 2.45) is 0 Å². The molecular formula is C33H45MoN3P3+6. The third-order valence-corrected chi connectivity index (χ3v) is 13.1. The first kappa shape index (κ1) is 38.1. The molecule has 1 radical (unpaired) electrons. The van der Waals surface area contributed by atoms with Crippen molar-refractivity contribution in [3.8, 4) is 0 Å². The van der Waals surface area contributed by atoms with E-state index >= 15 is 0 Å². The SMILES string of the molecule is C[PH+](C)C1CC([PH+](C)C)CC([PH+](C)C)C1.[C-]#[N+]c1ccccc1.[C-]#[N+]c1ccccc1.[C-]#[N+]c1ccccc1.[Mo+3]. The first-order chi connectivity index (χ1) is 18.7. The van der Waals surface area contributed by atoms with E-state index in [1.807, 2.05) is 54.6 Å². The summed E-state index contributed by atoms with van der Waals surface area (Å²) in [6.45, 7) is 34.9. The smallest absolute Gasteiger partial charge is 0.238 e. The molecule has 4 rings (SSSR count). The number of hydrogen-bond acceptors (Lipinski definition) is 0. The van der Waals surface area contributed by atoms with Crippen LogP contribution in [-0.4, -0.2) is 57.0 Å². The second-order valence-corrected chi connectivity index (χ2v) is 19.3. The van der Waals surface area contributed by atoms with Crippen molar-refractivity contribution >= 4 is 40.8 Å². The predicted octanol–water partition coefficient (Wildman–Crippen LogP) is 10.4. The monoisotopic (exact) mass is 674 g/mol. The Morgan fingerprint density at radius 1 is 0.450 bits per heavy atom. The van der Waals surface area contributed by atoms with Gasteiger partial charge in [0, 0.05) is 59.3 Å². The molecule has 7 heteroatoms. The summed E-state index contributed by atoms with van der Waals surface area (Å²) in [4.78, 5) is 9.66. The maximum absolute atomic E-state index is 6.57. The molecule has 1 saturated carbocycles. The van der Waals surface area contributed by atoms with Crippen LogP contribution in [0.25, 0.3) is 14.5 Å². The zero-order chi connectivity index (χ0) is 29.0. The van der Waals surface area contributed by atoms with Gasteiger partial charge in [0.15, 0.2) is 17.1 Å². The summed E-state index contributed by atoms with van der Waals surface area (Å²) in [5.41, 5.74) is 5.52. The molecular weight excluding hydrogens is 627 g/mol. The zero-order valence-corrected chi connectivity index (χ0v) is 29.8. The van der Waals surface area contributed by atoms with Crippen molar-refractivity contribution in [3.63, 3.8) is 0 Å². The average molecular weight is 673 g/mol. The van der Waals surface area contributed by atoms with Gasteiger partial charge in [-0.2, -0.15) is 0 Å². The minimum atomic E-state index is -0.0338. The van der Waals surface area contributed by atoms with Gasteiger partial charge in [-0.05, 0) is 23.8 Å². The van der Waals surface area contributed by atoms with Gasteiger partial charge in [-0.3, -0.25) is 0 Å². The van der Waals surface area contributed by atoms with Crippen LogP contribution in [0.5, 0.6) is 0 Å². The van der Waals surface area contributed by atoms with Crippen LogP contribution in [-0.2, 0) is 21.1 Å². The number of rotatable bonds is 3. The van der Waals surface area contributed by atoms with E-state index in [-0.39, 0.29) is 44.8 Å². The number of nitrogens with zero attached hydrogens (tertiary/aromatic N) is 3. The molecule has 0 unspecified atom stereocenters. The Bertz CT molecular complexity index is 1010. The van der Waals surface area contributed by atoms with Crippen molar-refractivity contribution in [2.75, 3.05) is 40.0 Å². The molecule has 1 fully saturated rings. The molecule has 3 aromatic rings. The zero-order valence-electron chi connectivity index (χ0n) is 24.8. The van der Waals surface area contributed by atoms with Crippen molar-refractivity contribution in [1.82, 2.24) is 0 Å². The summed E-state index contributed by atoms with van der Waals surface area (Å²) in [6, 6.07) is 27.5. The van der Waals surface area contributed by atoms with Crippen LogP contribution in [0.1, 0.15) is 19.3 Å². The van der Waals surface area contributed by atoms with Gasteiger partial charge in [-0.1, -0.05) is 91.0 Å². The molecule has 0 amide bonds. The van der Waals surface area contributed by atoms with Crippen LogP contribution >= 0.6 is 23.8 Å². The van der Waals surface area contributed by atoms with E-state index in [1.54, 1.807) is 55.7 Å². The molecule has 0 bridgehead atoms. The fraction of sp³-hybridized carbons (Fsp3) is 0.364. The Morgan fingerprint density at radius 3 is 0.775 bits per heavy atom. The molecule has 3 nitrogen and oxygen atoms in total. The van der Waals surface area contributed by atoms with Crippen molar-refractivity contribution in [3.05, 3.63) is 125 Å². The Balaban J connectivity index is 0.000000526. The summed E-state index contributed by atoms with van der Waals surface area (Å²) in [7, 11) is -0.101. The van der Waals surface area contributed by atoms with Crippen LogP contribution in [0, 0.1) is 19.7 Å². The van der Waals surface area contributed by atoms with E-state index in [2.05, 4.69) is 54.5 Å². The fourth-order valence-electron chi connectivity index (χ4n) is 4.24. The molecule has 207 valence electrons. The van der Waals surface area contributed by atoms with Gasteiger partial charge < -0.3 is 0 Å². The third-order valence-electron chi connectivity index (χ3n) is 6.81. The standard InChI is InChI=1S/C12H27P3.3C7H5N.Mo/c1-13(2)10-7-11(14(3)4)9-12(8-10)15(5)6;3*1-8-7-5-3-2-4-6-7;/h10-12H,7-9H2,1-6H3;3*2-6H;/q;;;;+3/p+3. The molecule has 1 aliphatic carbocycles. The van der Waals surface area contributed by atoms with E-state index in [0.717, 1.165) is 17.0 Å². The van der Waals surface area contributed by atoms with Crippen LogP contribution in [0.15, 0.2) is 91.0 Å². The van der Waals surface area contributed by atoms with Crippen molar-refractivity contribution in [1.29, 1.82) is 0 Å². The summed E-state index contributed by atoms with van der Waals surface area (Å²) < 4.78 is 0. The number of para-hydroxylation sites is 3. The largest absolute Gasteiger partial charge is 3.00 e. The topological polar surface area (TPSA) is 13.1 Å². The summed E-state index contributed by atoms with van der Waals surface area (Å²) >= 11 is 0. The molecule has 0 spiro atoms. The predicted molar refractivity (Wildman–Crippen MR) is 184 cm³/mol. The Kier molecular flexibility index (Phi) is 21.7. The molecule has 40 heavy (non-hydrogen) atoms. The van der Waals surface area contributed by atoms with Crippen LogP contribution in [0.2, 0.25) is 0 Å². The third kappa shape index (κ3) is 16.4. The fourth-order valence-corrected chi connectivity index (χ4v) is 9.48. The van der Waals surface area contributed by atoms with Crippen LogP contribution in [0.3, 0.4) is 0 Å². The second kappa shape index (κ2) is 22.8. The minimum Gasteiger partial charge on any atom is -0.238 e. The first-order valence-corrected chi connectivity index (χ1v) is 21.1. The first-order valence-electron chi connectivity index (χ1n) is 13.4. The minimum absolute atomic E-state index is 0. The molecule has 0 saturated heterocycles. The maximum Gasteiger partial charge on any atom is 3.00 e. The quantitative estimate of drug-likeness (QED) is 0.149. The Morgan fingerprint density at radius 2 is 0.650 bits per heavy atom. The molecule has 0 atom stereocenters. The van der Waals surface area contributed by atoms with Gasteiger partial charge in [-0.15, -0.1) is 0 Å². The van der Waals surface area contributed by atoms with Gasteiger partial charge in [0.05, 0.1) is 36.7 Å². The van der Waals surface area contributed by atoms with Gasteiger partial charge in [0.25, 0.3) is 0 Å². The van der Waals surface area contributed by atoms with Gasteiger partial charge in [0.1, 0.15) is 0 Å². The van der Waals surface area contributed by atoms with Crippen LogP contribution < -0.4 is 0 Å². The molecule has 3 aromatic carbocycles. The summed E-state index contributed by atoms with van der Waals surface area (Å²) in [5, 5.41) is 0. The maximum atomic E-state index is 6.57. The van der Waals surface area contributed by atoms with Gasteiger partial charge in [0.2, 0.25) is 0 Å². The molecule has 0 aromatic heterocycles. The van der Waals surface area contributed by atoms with E-state index in [4.69, 9.17) is 19.7 Å². The van der Waals surface area contributed by atoms with Gasteiger partial charge in [-0.25, -0.2) is 14.5 Å². The van der Waals surface area contributed by atoms with Crippen LogP contribution in [0.4, 0.5) is 17.1 Å². The number of benzene rings is 3. The summed E-state index contributed by atoms with van der Waals surface area (Å²) in [5.74, 6) is 0. The van der Waals surface area contributed by atoms with E-state index in [0.29, 0.717) is 17.1 Å². The van der Waals surface area contributed by atoms with E-state index < -0.39 is 0 Å². The van der Waals surface area contributed by atoms with Crippen molar-refractivity contribution in [2.45, 2.75) is 36.2 Å². The summed E-state index contributed by atoms with van der Waals surface area (Å²) in [6.07, 6.45) is 4.77. The Labute approximate surface area is 262 Å². The molecule has 1 aliphatic rings. The molecule has 0 heterocycles.